The molecular formula is C17H24N6O2. The highest BCUT2D eigenvalue weighted by Crippen LogP contribution is 2.27. The number of aromatic nitrogens is 2. The molecule has 1 aromatic heterocycles. The van der Waals surface area contributed by atoms with E-state index in [0.717, 1.165) is 38.3 Å². The summed E-state index contributed by atoms with van der Waals surface area (Å²) >= 11 is 0. The Bertz CT molecular complexity index is 709. The fourth-order valence-electron chi connectivity index (χ4n) is 3.09. The van der Waals surface area contributed by atoms with Gasteiger partial charge in [0.15, 0.2) is 0 Å². The first-order valence-corrected chi connectivity index (χ1v) is 8.42. The smallest absolute Gasteiger partial charge is 0.358 e. The van der Waals surface area contributed by atoms with Gasteiger partial charge in [0.05, 0.1) is 6.04 Å². The Kier molecular flexibility index (Phi) is 5.30. The zero-order chi connectivity index (χ0) is 17.8. The average Bonchev–Trinajstić information content (AvgIpc) is 2.98. The third-order valence-electron chi connectivity index (χ3n) is 4.64. The summed E-state index contributed by atoms with van der Waals surface area (Å²) in [6, 6.07) is 10.0. The summed E-state index contributed by atoms with van der Waals surface area (Å²) in [6.45, 7) is 4.85. The van der Waals surface area contributed by atoms with Gasteiger partial charge in [-0.15, -0.1) is 0 Å². The number of hydrogen-bond acceptors (Lipinski definition) is 6. The third-order valence-corrected chi connectivity index (χ3v) is 4.64. The van der Waals surface area contributed by atoms with Gasteiger partial charge in [-0.1, -0.05) is 30.3 Å². The summed E-state index contributed by atoms with van der Waals surface area (Å²) in [7, 11) is 3.89. The molecule has 8 nitrogen and oxygen atoms in total. The van der Waals surface area contributed by atoms with Crippen LogP contribution in [0.15, 0.2) is 36.7 Å². The molecular weight excluding hydrogens is 320 g/mol. The number of benzene rings is 1. The van der Waals surface area contributed by atoms with Crippen LogP contribution in [0.1, 0.15) is 11.6 Å². The molecule has 8 heteroatoms. The number of rotatable bonds is 6. The molecule has 1 aromatic carbocycles. The summed E-state index contributed by atoms with van der Waals surface area (Å²) in [5.41, 5.74) is 1.11. The highest BCUT2D eigenvalue weighted by molar-refractivity contribution is 5.53. The molecule has 1 aliphatic heterocycles. The summed E-state index contributed by atoms with van der Waals surface area (Å²) in [4.78, 5) is 19.4. The van der Waals surface area contributed by atoms with Crippen LogP contribution in [0.25, 0.3) is 0 Å². The maximum absolute atomic E-state index is 11.3. The van der Waals surface area contributed by atoms with Gasteiger partial charge in [0.1, 0.15) is 0 Å². The van der Waals surface area contributed by atoms with Gasteiger partial charge in [0, 0.05) is 39.8 Å². The minimum absolute atomic E-state index is 0.0429. The standard InChI is InChI=1S/C17H24N6O2/c1-20-8-10-22(11-9-20)12-15(14-6-4-3-5-7-14)19-17-16(23(24)25)18-13-21(17)2/h3-7,13,15,19H,8-12H2,1-2H3. The van der Waals surface area contributed by atoms with Crippen molar-refractivity contribution in [3.05, 3.63) is 52.3 Å². The van der Waals surface area contributed by atoms with Crippen molar-refractivity contribution in [3.8, 4) is 0 Å². The first-order valence-electron chi connectivity index (χ1n) is 8.42. The number of aryl methyl sites for hydroxylation is 1. The highest BCUT2D eigenvalue weighted by atomic mass is 16.6. The van der Waals surface area contributed by atoms with Crippen LogP contribution in [0, 0.1) is 10.1 Å². The van der Waals surface area contributed by atoms with Gasteiger partial charge in [0.2, 0.25) is 12.1 Å². The molecule has 0 aliphatic carbocycles. The number of anilines is 1. The zero-order valence-electron chi connectivity index (χ0n) is 14.6. The number of nitrogens with one attached hydrogen (secondary N) is 1. The van der Waals surface area contributed by atoms with Gasteiger partial charge in [-0.25, -0.2) is 0 Å². The van der Waals surface area contributed by atoms with E-state index in [-0.39, 0.29) is 11.9 Å². The SMILES string of the molecule is CN1CCN(CC(Nc2c([N+](=O)[O-])ncn2C)c2ccccc2)CC1. The number of hydrogen-bond donors (Lipinski definition) is 1. The summed E-state index contributed by atoms with van der Waals surface area (Å²) in [6.07, 6.45) is 1.47. The van der Waals surface area contributed by atoms with Crippen LogP contribution in [0.3, 0.4) is 0 Å². The first-order chi connectivity index (χ1) is 12.0. The van der Waals surface area contributed by atoms with Gasteiger partial charge in [-0.05, 0) is 22.5 Å². The van der Waals surface area contributed by atoms with Crippen molar-refractivity contribution < 1.29 is 4.92 Å². The lowest BCUT2D eigenvalue weighted by molar-refractivity contribution is -0.388. The van der Waals surface area contributed by atoms with Gasteiger partial charge in [-0.3, -0.25) is 9.47 Å². The molecule has 0 spiro atoms. The molecule has 1 saturated heterocycles. The van der Waals surface area contributed by atoms with Gasteiger partial charge in [-0.2, -0.15) is 0 Å². The Labute approximate surface area is 147 Å². The largest absolute Gasteiger partial charge is 0.406 e. The predicted molar refractivity (Wildman–Crippen MR) is 96.6 cm³/mol. The van der Waals surface area contributed by atoms with Crippen LogP contribution in [0.4, 0.5) is 11.6 Å². The predicted octanol–water partition coefficient (Wildman–Crippen LogP) is 1.73. The molecule has 2 aromatic rings. The molecule has 0 amide bonds. The average molecular weight is 344 g/mol. The van der Waals surface area contributed by atoms with Crippen molar-refractivity contribution in [3.63, 3.8) is 0 Å². The second kappa shape index (κ2) is 7.62. The van der Waals surface area contributed by atoms with Gasteiger partial charge in [0.25, 0.3) is 0 Å². The molecule has 1 N–H and O–H groups in total. The molecule has 1 atom stereocenters. The maximum atomic E-state index is 11.3. The number of imidazole rings is 1. The lowest BCUT2D eigenvalue weighted by atomic mass is 10.1. The van der Waals surface area contributed by atoms with E-state index in [1.165, 1.54) is 6.33 Å². The molecule has 1 fully saturated rings. The molecule has 1 aliphatic rings. The number of piperazine rings is 1. The first kappa shape index (κ1) is 17.4. The van der Waals surface area contributed by atoms with Crippen molar-refractivity contribution >= 4 is 11.6 Å². The van der Waals surface area contributed by atoms with Crippen LogP contribution in [0.2, 0.25) is 0 Å². The quantitative estimate of drug-likeness (QED) is 0.635. The molecule has 3 rings (SSSR count). The molecule has 134 valence electrons. The van der Waals surface area contributed by atoms with Crippen molar-refractivity contribution in [1.29, 1.82) is 0 Å². The third kappa shape index (κ3) is 4.15. The Balaban J connectivity index is 1.82. The van der Waals surface area contributed by atoms with E-state index in [4.69, 9.17) is 0 Å². The Morgan fingerprint density at radius 2 is 1.88 bits per heavy atom. The van der Waals surface area contributed by atoms with Crippen LogP contribution >= 0.6 is 0 Å². The van der Waals surface area contributed by atoms with E-state index < -0.39 is 4.92 Å². The fourth-order valence-corrected chi connectivity index (χ4v) is 3.09. The topological polar surface area (TPSA) is 79.5 Å². The monoisotopic (exact) mass is 344 g/mol. The molecule has 0 radical (unpaired) electrons. The molecule has 0 saturated carbocycles. The van der Waals surface area contributed by atoms with Crippen LogP contribution in [-0.2, 0) is 7.05 Å². The van der Waals surface area contributed by atoms with Gasteiger partial charge >= 0.3 is 5.82 Å². The van der Waals surface area contributed by atoms with Crippen LogP contribution in [-0.4, -0.2) is 64.0 Å². The second-order valence-electron chi connectivity index (χ2n) is 6.50. The summed E-state index contributed by atoms with van der Waals surface area (Å²) in [5, 5.41) is 14.6. The van der Waals surface area contributed by atoms with E-state index in [9.17, 15) is 10.1 Å². The normalized spacial score (nSPS) is 17.4. The lowest BCUT2D eigenvalue weighted by Gasteiger charge is -2.35. The van der Waals surface area contributed by atoms with E-state index in [2.05, 4.69) is 39.3 Å². The number of nitrogens with zero attached hydrogens (tertiary/aromatic N) is 5. The van der Waals surface area contributed by atoms with Gasteiger partial charge < -0.3 is 20.3 Å². The van der Waals surface area contributed by atoms with Crippen molar-refractivity contribution in [2.75, 3.05) is 45.1 Å². The van der Waals surface area contributed by atoms with Crippen molar-refractivity contribution in [2.24, 2.45) is 7.05 Å². The Morgan fingerprint density at radius 1 is 1.20 bits per heavy atom. The minimum atomic E-state index is -0.444. The Morgan fingerprint density at radius 3 is 2.52 bits per heavy atom. The maximum Gasteiger partial charge on any atom is 0.406 e. The fraction of sp³-hybridized carbons (Fsp3) is 0.471. The Hall–Kier alpha value is -2.45. The summed E-state index contributed by atoms with van der Waals surface area (Å²) in [5.74, 6) is 0.301. The summed E-state index contributed by atoms with van der Waals surface area (Å²) < 4.78 is 1.66. The van der Waals surface area contributed by atoms with E-state index in [0.29, 0.717) is 5.82 Å². The minimum Gasteiger partial charge on any atom is -0.358 e. The molecule has 2 heterocycles. The molecule has 25 heavy (non-hydrogen) atoms. The number of likely N-dealkylation sites (N-methyl/N-ethyl adjacent to an activating group) is 1. The van der Waals surface area contributed by atoms with Crippen LogP contribution in [0.5, 0.6) is 0 Å². The van der Waals surface area contributed by atoms with Crippen molar-refractivity contribution in [2.45, 2.75) is 6.04 Å². The van der Waals surface area contributed by atoms with E-state index in [1.807, 2.05) is 18.2 Å². The number of nitro groups is 1. The van der Waals surface area contributed by atoms with Crippen LogP contribution < -0.4 is 5.32 Å². The van der Waals surface area contributed by atoms with Crippen molar-refractivity contribution in [1.82, 2.24) is 19.4 Å². The second-order valence-corrected chi connectivity index (χ2v) is 6.50. The van der Waals surface area contributed by atoms with E-state index >= 15 is 0 Å². The molecule has 1 unspecified atom stereocenters. The zero-order valence-corrected chi connectivity index (χ0v) is 14.6. The molecule has 0 bridgehead atoms. The highest BCUT2D eigenvalue weighted by Gasteiger charge is 2.25. The van der Waals surface area contributed by atoms with E-state index in [1.54, 1.807) is 11.6 Å². The lowest BCUT2D eigenvalue weighted by Crippen LogP contribution is -2.46.